The number of Topliss-reactive ketones (excluding diaryl/α,β-unsaturated/α-hetero) is 1. The molecule has 2 aliphatic heterocycles. The molecule has 2 aliphatic rings. The average molecular weight is 240 g/mol. The van der Waals surface area contributed by atoms with Gasteiger partial charge in [0.05, 0.1) is 12.7 Å². The van der Waals surface area contributed by atoms with Gasteiger partial charge in [0.15, 0.2) is 0 Å². The number of ketones is 1. The second kappa shape index (κ2) is 5.17. The standard InChI is InChI=1S/C13H20O4/c1-10(14)13(7-9-17-12(13)15)6-2-4-11-5-3-8-16-11/h11H,2-9H2,1H3. The van der Waals surface area contributed by atoms with Crippen LogP contribution in [0.3, 0.4) is 0 Å². The molecule has 2 atom stereocenters. The third-order valence-corrected chi connectivity index (χ3v) is 3.98. The lowest BCUT2D eigenvalue weighted by molar-refractivity contribution is -0.151. The molecular formula is C13H20O4. The monoisotopic (exact) mass is 240 g/mol. The summed E-state index contributed by atoms with van der Waals surface area (Å²) in [4.78, 5) is 23.4. The fourth-order valence-corrected chi connectivity index (χ4v) is 2.78. The van der Waals surface area contributed by atoms with Gasteiger partial charge in [0.1, 0.15) is 11.2 Å². The summed E-state index contributed by atoms with van der Waals surface area (Å²) in [6.45, 7) is 2.74. The molecule has 0 aromatic carbocycles. The molecule has 0 aromatic rings. The fraction of sp³-hybridized carbons (Fsp3) is 0.846. The van der Waals surface area contributed by atoms with Crippen molar-refractivity contribution in [3.8, 4) is 0 Å². The van der Waals surface area contributed by atoms with Crippen LogP contribution in [0, 0.1) is 5.41 Å². The number of esters is 1. The number of rotatable bonds is 5. The van der Waals surface area contributed by atoms with Crippen LogP contribution in [0.1, 0.15) is 45.4 Å². The van der Waals surface area contributed by atoms with Gasteiger partial charge in [-0.15, -0.1) is 0 Å². The summed E-state index contributed by atoms with van der Waals surface area (Å²) in [6, 6.07) is 0. The first-order chi connectivity index (χ1) is 8.15. The molecule has 0 bridgehead atoms. The molecular weight excluding hydrogens is 220 g/mol. The average Bonchev–Trinajstić information content (AvgIpc) is 2.90. The van der Waals surface area contributed by atoms with Crippen LogP contribution in [0.4, 0.5) is 0 Å². The van der Waals surface area contributed by atoms with Crippen LogP contribution < -0.4 is 0 Å². The van der Waals surface area contributed by atoms with Crippen LogP contribution in [-0.2, 0) is 19.1 Å². The summed E-state index contributed by atoms with van der Waals surface area (Å²) >= 11 is 0. The van der Waals surface area contributed by atoms with E-state index >= 15 is 0 Å². The minimum atomic E-state index is -0.849. The Balaban J connectivity index is 1.86. The molecule has 4 heteroatoms. The molecule has 4 nitrogen and oxygen atoms in total. The van der Waals surface area contributed by atoms with Gasteiger partial charge in [0.25, 0.3) is 0 Å². The van der Waals surface area contributed by atoms with Crippen molar-refractivity contribution in [2.75, 3.05) is 13.2 Å². The van der Waals surface area contributed by atoms with E-state index in [0.29, 0.717) is 25.6 Å². The second-order valence-corrected chi connectivity index (χ2v) is 5.05. The number of carbonyl (C=O) groups is 2. The van der Waals surface area contributed by atoms with Crippen molar-refractivity contribution in [3.63, 3.8) is 0 Å². The summed E-state index contributed by atoms with van der Waals surface area (Å²) in [7, 11) is 0. The number of carbonyl (C=O) groups excluding carboxylic acids is 2. The number of hydrogen-bond donors (Lipinski definition) is 0. The smallest absolute Gasteiger partial charge is 0.319 e. The maximum Gasteiger partial charge on any atom is 0.319 e. The quantitative estimate of drug-likeness (QED) is 0.543. The van der Waals surface area contributed by atoms with Crippen LogP contribution in [0.2, 0.25) is 0 Å². The van der Waals surface area contributed by atoms with Crippen molar-refractivity contribution >= 4 is 11.8 Å². The normalized spacial score (nSPS) is 32.8. The third kappa shape index (κ3) is 2.51. The fourth-order valence-electron chi connectivity index (χ4n) is 2.78. The number of hydrogen-bond acceptors (Lipinski definition) is 4. The van der Waals surface area contributed by atoms with Gasteiger partial charge in [-0.05, 0) is 39.0 Å². The molecule has 0 aromatic heterocycles. The van der Waals surface area contributed by atoms with Gasteiger partial charge in [-0.3, -0.25) is 9.59 Å². The SMILES string of the molecule is CC(=O)C1(CCCC2CCCO2)CCOC1=O. The van der Waals surface area contributed by atoms with E-state index < -0.39 is 5.41 Å². The predicted molar refractivity (Wildman–Crippen MR) is 61.5 cm³/mol. The highest BCUT2D eigenvalue weighted by Gasteiger charge is 2.48. The van der Waals surface area contributed by atoms with E-state index in [2.05, 4.69) is 0 Å². The Morgan fingerprint density at radius 2 is 2.29 bits per heavy atom. The summed E-state index contributed by atoms with van der Waals surface area (Å²) in [6.07, 6.45) is 5.54. The molecule has 2 heterocycles. The predicted octanol–water partition coefficient (Wildman–Crippen LogP) is 1.86. The lowest BCUT2D eigenvalue weighted by Crippen LogP contribution is -2.34. The van der Waals surface area contributed by atoms with E-state index in [1.807, 2.05) is 0 Å². The van der Waals surface area contributed by atoms with E-state index in [0.717, 1.165) is 32.3 Å². The minimum Gasteiger partial charge on any atom is -0.465 e. The molecule has 2 saturated heterocycles. The highest BCUT2D eigenvalue weighted by molar-refractivity contribution is 6.03. The lowest BCUT2D eigenvalue weighted by atomic mass is 9.78. The van der Waals surface area contributed by atoms with E-state index in [-0.39, 0.29) is 11.8 Å². The highest BCUT2D eigenvalue weighted by atomic mass is 16.5. The van der Waals surface area contributed by atoms with Crippen LogP contribution in [0.15, 0.2) is 0 Å². The van der Waals surface area contributed by atoms with Crippen molar-refractivity contribution in [2.24, 2.45) is 5.41 Å². The van der Waals surface area contributed by atoms with E-state index in [9.17, 15) is 9.59 Å². The van der Waals surface area contributed by atoms with Gasteiger partial charge in [0.2, 0.25) is 0 Å². The van der Waals surface area contributed by atoms with Crippen LogP contribution >= 0.6 is 0 Å². The van der Waals surface area contributed by atoms with Crippen molar-refractivity contribution in [2.45, 2.75) is 51.6 Å². The molecule has 0 saturated carbocycles. The zero-order chi connectivity index (χ0) is 12.3. The van der Waals surface area contributed by atoms with Gasteiger partial charge in [0, 0.05) is 13.0 Å². The second-order valence-electron chi connectivity index (χ2n) is 5.05. The summed E-state index contributed by atoms with van der Waals surface area (Å²) in [5, 5.41) is 0. The Kier molecular flexibility index (Phi) is 3.82. The van der Waals surface area contributed by atoms with Gasteiger partial charge in [-0.25, -0.2) is 0 Å². The molecule has 0 amide bonds. The van der Waals surface area contributed by atoms with Crippen molar-refractivity contribution in [3.05, 3.63) is 0 Å². The van der Waals surface area contributed by atoms with Crippen LogP contribution in [0.5, 0.6) is 0 Å². The number of ether oxygens (including phenoxy) is 2. The Morgan fingerprint density at radius 1 is 1.47 bits per heavy atom. The molecule has 0 aliphatic carbocycles. The van der Waals surface area contributed by atoms with E-state index in [4.69, 9.17) is 9.47 Å². The zero-order valence-electron chi connectivity index (χ0n) is 10.4. The first kappa shape index (κ1) is 12.6. The highest BCUT2D eigenvalue weighted by Crippen LogP contribution is 2.37. The zero-order valence-corrected chi connectivity index (χ0v) is 10.4. The Morgan fingerprint density at radius 3 is 2.82 bits per heavy atom. The first-order valence-electron chi connectivity index (χ1n) is 6.45. The number of cyclic esters (lactones) is 1. The molecule has 2 unspecified atom stereocenters. The minimum absolute atomic E-state index is 0.0488. The van der Waals surface area contributed by atoms with Crippen LogP contribution in [-0.4, -0.2) is 31.1 Å². The van der Waals surface area contributed by atoms with E-state index in [1.165, 1.54) is 6.92 Å². The Bertz CT molecular complexity index is 307. The Hall–Kier alpha value is -0.900. The van der Waals surface area contributed by atoms with Crippen molar-refractivity contribution in [1.82, 2.24) is 0 Å². The van der Waals surface area contributed by atoms with Crippen LogP contribution in [0.25, 0.3) is 0 Å². The summed E-state index contributed by atoms with van der Waals surface area (Å²) in [5.74, 6) is -0.371. The summed E-state index contributed by atoms with van der Waals surface area (Å²) in [5.41, 5.74) is -0.849. The van der Waals surface area contributed by atoms with Gasteiger partial charge in [-0.1, -0.05) is 0 Å². The topological polar surface area (TPSA) is 52.6 Å². The molecule has 0 N–H and O–H groups in total. The molecule has 17 heavy (non-hydrogen) atoms. The van der Waals surface area contributed by atoms with Gasteiger partial charge < -0.3 is 9.47 Å². The Labute approximate surface area is 102 Å². The molecule has 0 radical (unpaired) electrons. The molecule has 96 valence electrons. The third-order valence-electron chi connectivity index (χ3n) is 3.98. The summed E-state index contributed by atoms with van der Waals surface area (Å²) < 4.78 is 10.5. The van der Waals surface area contributed by atoms with Crippen molar-refractivity contribution in [1.29, 1.82) is 0 Å². The molecule has 0 spiro atoms. The largest absolute Gasteiger partial charge is 0.465 e. The van der Waals surface area contributed by atoms with Gasteiger partial charge >= 0.3 is 5.97 Å². The molecule has 2 rings (SSSR count). The van der Waals surface area contributed by atoms with Gasteiger partial charge in [-0.2, -0.15) is 0 Å². The maximum absolute atomic E-state index is 11.7. The first-order valence-corrected chi connectivity index (χ1v) is 6.45. The maximum atomic E-state index is 11.7. The molecule has 2 fully saturated rings. The lowest BCUT2D eigenvalue weighted by Gasteiger charge is -2.21. The van der Waals surface area contributed by atoms with Crippen molar-refractivity contribution < 1.29 is 19.1 Å². The van der Waals surface area contributed by atoms with E-state index in [1.54, 1.807) is 0 Å².